The van der Waals surface area contributed by atoms with E-state index in [0.29, 0.717) is 6.04 Å². The van der Waals surface area contributed by atoms with Crippen molar-refractivity contribution in [3.05, 3.63) is 0 Å². The summed E-state index contributed by atoms with van der Waals surface area (Å²) in [5.74, 6) is 0. The number of ether oxygens (including phenoxy) is 1. The van der Waals surface area contributed by atoms with Crippen molar-refractivity contribution in [3.8, 4) is 0 Å². The first-order chi connectivity index (χ1) is 7.42. The van der Waals surface area contributed by atoms with Gasteiger partial charge in [-0.15, -0.1) is 0 Å². The zero-order valence-electron chi connectivity index (χ0n) is 10.6. The van der Waals surface area contributed by atoms with Crippen LogP contribution in [-0.4, -0.2) is 42.8 Å². The van der Waals surface area contributed by atoms with Gasteiger partial charge < -0.3 is 14.5 Å². The van der Waals surface area contributed by atoms with Crippen molar-refractivity contribution in [1.82, 2.24) is 10.4 Å². The van der Waals surface area contributed by atoms with Crippen LogP contribution in [0.4, 0.5) is 4.79 Å². The summed E-state index contributed by atoms with van der Waals surface area (Å²) in [6.45, 7) is 7.07. The summed E-state index contributed by atoms with van der Waals surface area (Å²) in [5, 5.41) is 0. The third-order valence-corrected chi connectivity index (χ3v) is 2.43. The van der Waals surface area contributed by atoms with Crippen molar-refractivity contribution in [2.75, 3.05) is 20.2 Å². The van der Waals surface area contributed by atoms with Gasteiger partial charge in [0.15, 0.2) is 0 Å². The highest BCUT2D eigenvalue weighted by Crippen LogP contribution is 2.15. The van der Waals surface area contributed by atoms with E-state index < -0.39 is 5.60 Å². The maximum absolute atomic E-state index is 11.7. The zero-order valence-corrected chi connectivity index (χ0v) is 10.6. The largest absolute Gasteiger partial charge is 0.444 e. The van der Waals surface area contributed by atoms with Crippen LogP contribution in [0.3, 0.4) is 0 Å². The quantitative estimate of drug-likeness (QED) is 0.731. The predicted molar refractivity (Wildman–Crippen MR) is 61.0 cm³/mol. The molecule has 0 spiro atoms. The second-order valence-corrected chi connectivity index (χ2v) is 5.06. The fraction of sp³-hybridized carbons (Fsp3) is 0.909. The second-order valence-electron chi connectivity index (χ2n) is 5.06. The lowest BCUT2D eigenvalue weighted by Crippen LogP contribution is -2.46. The van der Waals surface area contributed by atoms with Gasteiger partial charge in [0, 0.05) is 19.1 Å². The molecular weight excluding hydrogens is 208 g/mol. The van der Waals surface area contributed by atoms with Gasteiger partial charge in [0.1, 0.15) is 5.60 Å². The summed E-state index contributed by atoms with van der Waals surface area (Å²) in [7, 11) is 1.61. The number of carbonyl (C=O) groups is 1. The average Bonchev–Trinajstić information content (AvgIpc) is 2.16. The number of nitrogens with zero attached hydrogens (tertiary/aromatic N) is 1. The van der Waals surface area contributed by atoms with Crippen LogP contribution in [-0.2, 0) is 9.57 Å². The van der Waals surface area contributed by atoms with Gasteiger partial charge in [-0.05, 0) is 33.6 Å². The van der Waals surface area contributed by atoms with Gasteiger partial charge in [-0.1, -0.05) is 0 Å². The number of carbonyl (C=O) groups excluding carboxylic acids is 1. The van der Waals surface area contributed by atoms with Gasteiger partial charge in [0.2, 0.25) is 0 Å². The Morgan fingerprint density at radius 1 is 1.31 bits per heavy atom. The average molecular weight is 230 g/mol. The topological polar surface area (TPSA) is 50.8 Å². The molecule has 0 radical (unpaired) electrons. The Balaban J connectivity index is 2.33. The Morgan fingerprint density at radius 3 is 2.31 bits per heavy atom. The van der Waals surface area contributed by atoms with Crippen molar-refractivity contribution >= 4 is 6.09 Å². The zero-order chi connectivity index (χ0) is 12.2. The molecule has 1 heterocycles. The molecule has 0 unspecified atom stereocenters. The standard InChI is InChI=1S/C11H22N2O3/c1-11(2,3)16-10(14)13-7-5-9(6-8-13)12-15-4/h9,12H,5-8H2,1-4H3. The molecule has 0 aromatic carbocycles. The lowest BCUT2D eigenvalue weighted by molar-refractivity contribution is 0.00658. The molecule has 1 N–H and O–H groups in total. The Labute approximate surface area is 97.0 Å². The van der Waals surface area contributed by atoms with Gasteiger partial charge in [0.25, 0.3) is 0 Å². The van der Waals surface area contributed by atoms with E-state index in [1.807, 2.05) is 20.8 Å². The van der Waals surface area contributed by atoms with Crippen LogP contribution in [0.5, 0.6) is 0 Å². The third-order valence-electron chi connectivity index (χ3n) is 2.43. The molecule has 1 amide bonds. The van der Waals surface area contributed by atoms with Crippen molar-refractivity contribution in [2.45, 2.75) is 45.3 Å². The molecule has 94 valence electrons. The summed E-state index contributed by atoms with van der Waals surface area (Å²) >= 11 is 0. The highest BCUT2D eigenvalue weighted by molar-refractivity contribution is 5.68. The van der Waals surface area contributed by atoms with Crippen LogP contribution in [0.2, 0.25) is 0 Å². The molecule has 1 saturated heterocycles. The number of hydrogen-bond donors (Lipinski definition) is 1. The van der Waals surface area contributed by atoms with E-state index >= 15 is 0 Å². The Hall–Kier alpha value is -0.810. The smallest absolute Gasteiger partial charge is 0.410 e. The van der Waals surface area contributed by atoms with E-state index in [9.17, 15) is 4.79 Å². The summed E-state index contributed by atoms with van der Waals surface area (Å²) in [4.78, 5) is 18.4. The van der Waals surface area contributed by atoms with E-state index in [0.717, 1.165) is 25.9 Å². The fourth-order valence-corrected chi connectivity index (χ4v) is 1.67. The van der Waals surface area contributed by atoms with Crippen LogP contribution < -0.4 is 5.48 Å². The molecule has 0 aromatic rings. The highest BCUT2D eigenvalue weighted by atomic mass is 16.6. The van der Waals surface area contributed by atoms with Crippen molar-refractivity contribution in [2.24, 2.45) is 0 Å². The first kappa shape index (κ1) is 13.3. The summed E-state index contributed by atoms with van der Waals surface area (Å²) < 4.78 is 5.31. The van der Waals surface area contributed by atoms with E-state index in [2.05, 4.69) is 5.48 Å². The van der Waals surface area contributed by atoms with Crippen molar-refractivity contribution in [1.29, 1.82) is 0 Å². The first-order valence-corrected chi connectivity index (χ1v) is 5.69. The van der Waals surface area contributed by atoms with Crippen LogP contribution >= 0.6 is 0 Å². The van der Waals surface area contributed by atoms with E-state index in [1.165, 1.54) is 0 Å². The molecule has 5 nitrogen and oxygen atoms in total. The third kappa shape index (κ3) is 4.37. The maximum Gasteiger partial charge on any atom is 0.410 e. The molecule has 1 rings (SSSR count). The van der Waals surface area contributed by atoms with Crippen LogP contribution in [0.15, 0.2) is 0 Å². The van der Waals surface area contributed by atoms with Crippen LogP contribution in [0.25, 0.3) is 0 Å². The maximum atomic E-state index is 11.7. The van der Waals surface area contributed by atoms with Crippen LogP contribution in [0.1, 0.15) is 33.6 Å². The lowest BCUT2D eigenvalue weighted by atomic mass is 10.1. The minimum absolute atomic E-state index is 0.219. The second kappa shape index (κ2) is 5.50. The normalized spacial score (nSPS) is 18.6. The Morgan fingerprint density at radius 2 is 1.88 bits per heavy atom. The van der Waals surface area contributed by atoms with E-state index in [4.69, 9.17) is 9.57 Å². The summed E-state index contributed by atoms with van der Waals surface area (Å²) in [6, 6.07) is 0.337. The number of amides is 1. The Kier molecular flexibility index (Phi) is 4.56. The molecule has 1 aliphatic heterocycles. The number of hydroxylamine groups is 1. The molecule has 0 bridgehead atoms. The van der Waals surface area contributed by atoms with E-state index in [1.54, 1.807) is 12.0 Å². The molecule has 1 fully saturated rings. The highest BCUT2D eigenvalue weighted by Gasteiger charge is 2.26. The van der Waals surface area contributed by atoms with Gasteiger partial charge in [-0.25, -0.2) is 4.79 Å². The fourth-order valence-electron chi connectivity index (χ4n) is 1.67. The number of hydrogen-bond acceptors (Lipinski definition) is 4. The van der Waals surface area contributed by atoms with Crippen molar-refractivity contribution < 1.29 is 14.4 Å². The summed E-state index contributed by atoms with van der Waals surface area (Å²) in [5.41, 5.74) is 2.50. The molecular formula is C11H22N2O3. The SMILES string of the molecule is CONC1CCN(C(=O)OC(C)(C)C)CC1. The van der Waals surface area contributed by atoms with E-state index in [-0.39, 0.29) is 6.09 Å². The van der Waals surface area contributed by atoms with Gasteiger partial charge in [0.05, 0.1) is 7.11 Å². The number of nitrogens with one attached hydrogen (secondary N) is 1. The summed E-state index contributed by atoms with van der Waals surface area (Å²) in [6.07, 6.45) is 1.57. The molecule has 0 atom stereocenters. The van der Waals surface area contributed by atoms with Gasteiger partial charge >= 0.3 is 6.09 Å². The number of piperidine rings is 1. The number of likely N-dealkylation sites (tertiary alicyclic amines) is 1. The molecule has 16 heavy (non-hydrogen) atoms. The minimum Gasteiger partial charge on any atom is -0.444 e. The number of rotatable bonds is 2. The van der Waals surface area contributed by atoms with Gasteiger partial charge in [-0.3, -0.25) is 0 Å². The molecule has 0 aromatic heterocycles. The molecule has 5 heteroatoms. The lowest BCUT2D eigenvalue weighted by Gasteiger charge is -2.33. The van der Waals surface area contributed by atoms with Crippen molar-refractivity contribution in [3.63, 3.8) is 0 Å². The first-order valence-electron chi connectivity index (χ1n) is 5.69. The van der Waals surface area contributed by atoms with Crippen LogP contribution in [0, 0.1) is 0 Å². The Bertz CT molecular complexity index is 230. The van der Waals surface area contributed by atoms with Gasteiger partial charge in [-0.2, -0.15) is 5.48 Å². The monoisotopic (exact) mass is 230 g/mol. The predicted octanol–water partition coefficient (Wildman–Crippen LogP) is 1.54. The molecule has 0 saturated carbocycles. The molecule has 1 aliphatic rings. The molecule has 0 aliphatic carbocycles. The minimum atomic E-state index is -0.418.